The second-order valence-electron chi connectivity index (χ2n) is 9.08. The van der Waals surface area contributed by atoms with Crippen molar-refractivity contribution in [3.63, 3.8) is 0 Å². The Morgan fingerprint density at radius 2 is 1.55 bits per heavy atom. The SMILES string of the molecule is Cc1cc(C)cc(NC(=S)C(=C(O)c2ccc([N+](=O)[O-])cc2)[n+]2ccc(C(C)(C)C)cc2)c1. The van der Waals surface area contributed by atoms with Crippen LogP contribution in [0.25, 0.3) is 11.5 Å². The van der Waals surface area contributed by atoms with Crippen LogP contribution in [-0.4, -0.2) is 15.0 Å². The van der Waals surface area contributed by atoms with Gasteiger partial charge >= 0.3 is 0 Å². The number of hydrogen-bond donors (Lipinski definition) is 2. The summed E-state index contributed by atoms with van der Waals surface area (Å²) >= 11 is 5.72. The van der Waals surface area contributed by atoms with E-state index >= 15 is 0 Å². The highest BCUT2D eigenvalue weighted by Crippen LogP contribution is 2.24. The van der Waals surface area contributed by atoms with Gasteiger partial charge in [0.1, 0.15) is 0 Å². The first kappa shape index (κ1) is 24.1. The van der Waals surface area contributed by atoms with Gasteiger partial charge in [-0.1, -0.05) is 39.1 Å². The van der Waals surface area contributed by atoms with E-state index in [1.54, 1.807) is 4.57 Å². The summed E-state index contributed by atoms with van der Waals surface area (Å²) in [6.07, 6.45) is 3.71. The molecule has 2 N–H and O–H groups in total. The molecule has 7 heteroatoms. The fourth-order valence-corrected chi connectivity index (χ4v) is 3.86. The Kier molecular flexibility index (Phi) is 6.93. The van der Waals surface area contributed by atoms with Crippen molar-refractivity contribution in [2.24, 2.45) is 0 Å². The standard InChI is InChI=1S/C26H27N3O3S/c1-17-14-18(2)16-21(15-17)27-25(33)23(28-12-10-20(11-13-28)26(3,4)5)24(30)19-6-8-22(9-7-19)29(31)32/h6-16H,1-5H3,(H-,27,30,33)/p+1. The lowest BCUT2D eigenvalue weighted by atomic mass is 9.88. The van der Waals surface area contributed by atoms with Gasteiger partial charge in [0.2, 0.25) is 0 Å². The van der Waals surface area contributed by atoms with E-state index in [0.717, 1.165) is 22.4 Å². The van der Waals surface area contributed by atoms with Gasteiger partial charge in [0, 0.05) is 35.5 Å². The van der Waals surface area contributed by atoms with E-state index in [0.29, 0.717) is 16.2 Å². The predicted molar refractivity (Wildman–Crippen MR) is 136 cm³/mol. The number of hydrogen-bond acceptors (Lipinski definition) is 4. The van der Waals surface area contributed by atoms with Crippen LogP contribution in [0.2, 0.25) is 0 Å². The molecule has 170 valence electrons. The van der Waals surface area contributed by atoms with Gasteiger partial charge in [-0.25, -0.2) is 0 Å². The zero-order valence-electron chi connectivity index (χ0n) is 19.4. The predicted octanol–water partition coefficient (Wildman–Crippen LogP) is 6.12. The third kappa shape index (κ3) is 5.81. The molecule has 1 aromatic heterocycles. The summed E-state index contributed by atoms with van der Waals surface area (Å²) < 4.78 is 1.75. The van der Waals surface area contributed by atoms with Gasteiger partial charge in [-0.3, -0.25) is 10.1 Å². The van der Waals surface area contributed by atoms with Crippen LogP contribution in [-0.2, 0) is 5.41 Å². The zero-order chi connectivity index (χ0) is 24.3. The van der Waals surface area contributed by atoms with Crippen LogP contribution >= 0.6 is 12.2 Å². The minimum atomic E-state index is -0.475. The smallest absolute Gasteiger partial charge is 0.288 e. The molecule has 3 aromatic rings. The van der Waals surface area contributed by atoms with Crippen molar-refractivity contribution in [2.75, 3.05) is 5.32 Å². The van der Waals surface area contributed by atoms with E-state index in [2.05, 4.69) is 32.2 Å². The molecule has 0 spiro atoms. The van der Waals surface area contributed by atoms with Crippen LogP contribution < -0.4 is 9.88 Å². The minimum absolute atomic E-state index is 0.0266. The van der Waals surface area contributed by atoms with Crippen LogP contribution in [0.1, 0.15) is 43.0 Å². The third-order valence-electron chi connectivity index (χ3n) is 5.22. The van der Waals surface area contributed by atoms with Crippen molar-refractivity contribution in [3.05, 3.63) is 99.4 Å². The Bertz CT molecular complexity index is 1200. The number of nitro groups is 1. The molecule has 0 saturated carbocycles. The molecular formula is C26H28N3O3S+. The number of rotatable bonds is 5. The number of thiocarbonyl (C=S) groups is 1. The number of benzene rings is 2. The monoisotopic (exact) mass is 462 g/mol. The maximum Gasteiger partial charge on any atom is 0.288 e. The van der Waals surface area contributed by atoms with Crippen LogP contribution in [0.5, 0.6) is 0 Å². The molecule has 0 aliphatic rings. The maximum atomic E-state index is 11.2. The average molecular weight is 463 g/mol. The number of nitro benzene ring substituents is 1. The Hall–Kier alpha value is -3.58. The van der Waals surface area contributed by atoms with Crippen molar-refractivity contribution < 1.29 is 14.6 Å². The van der Waals surface area contributed by atoms with Gasteiger partial charge in [0.25, 0.3) is 11.4 Å². The lowest BCUT2D eigenvalue weighted by Gasteiger charge is -2.18. The van der Waals surface area contributed by atoms with Crippen LogP contribution in [0.3, 0.4) is 0 Å². The molecule has 0 aliphatic heterocycles. The summed E-state index contributed by atoms with van der Waals surface area (Å²) in [7, 11) is 0. The second kappa shape index (κ2) is 9.50. The average Bonchev–Trinajstić information content (AvgIpc) is 2.73. The molecule has 3 rings (SSSR count). The molecule has 0 fully saturated rings. The van der Waals surface area contributed by atoms with Gasteiger partial charge in [-0.2, -0.15) is 4.57 Å². The normalized spacial score (nSPS) is 12.2. The molecule has 2 aromatic carbocycles. The van der Waals surface area contributed by atoms with E-state index in [9.17, 15) is 15.2 Å². The number of aryl methyl sites for hydroxylation is 2. The van der Waals surface area contributed by atoms with Gasteiger partial charge < -0.3 is 10.4 Å². The van der Waals surface area contributed by atoms with E-state index in [1.807, 2.05) is 50.5 Å². The molecule has 0 atom stereocenters. The molecule has 6 nitrogen and oxygen atoms in total. The Morgan fingerprint density at radius 3 is 2.03 bits per heavy atom. The Balaban J connectivity index is 2.09. The Morgan fingerprint density at radius 1 is 1.00 bits per heavy atom. The fourth-order valence-electron chi connectivity index (χ4n) is 3.54. The van der Waals surface area contributed by atoms with Crippen LogP contribution in [0.15, 0.2) is 67.0 Å². The highest BCUT2D eigenvalue weighted by atomic mass is 32.1. The molecule has 0 saturated heterocycles. The highest BCUT2D eigenvalue weighted by Gasteiger charge is 2.25. The van der Waals surface area contributed by atoms with E-state index in [4.69, 9.17) is 12.2 Å². The highest BCUT2D eigenvalue weighted by molar-refractivity contribution is 7.81. The topological polar surface area (TPSA) is 79.3 Å². The largest absolute Gasteiger partial charge is 0.502 e. The summed E-state index contributed by atoms with van der Waals surface area (Å²) in [6, 6.07) is 15.7. The quantitative estimate of drug-likeness (QED) is 0.119. The van der Waals surface area contributed by atoms with Crippen molar-refractivity contribution >= 4 is 40.0 Å². The first-order chi connectivity index (χ1) is 15.5. The van der Waals surface area contributed by atoms with Crippen molar-refractivity contribution in [3.8, 4) is 0 Å². The van der Waals surface area contributed by atoms with Gasteiger partial charge in [-0.15, -0.1) is 0 Å². The molecule has 0 amide bonds. The summed E-state index contributed by atoms with van der Waals surface area (Å²) in [5, 5.41) is 25.5. The molecule has 0 aliphatic carbocycles. The second-order valence-corrected chi connectivity index (χ2v) is 9.48. The molecule has 33 heavy (non-hydrogen) atoms. The molecule has 0 radical (unpaired) electrons. The first-order valence-electron chi connectivity index (χ1n) is 10.6. The van der Waals surface area contributed by atoms with Gasteiger partial charge in [-0.05, 0) is 60.2 Å². The number of nitrogens with zero attached hydrogens (tertiary/aromatic N) is 2. The summed E-state index contributed by atoms with van der Waals surface area (Å²) in [5.41, 5.74) is 4.86. The molecule has 1 heterocycles. The number of aromatic nitrogens is 1. The van der Waals surface area contributed by atoms with E-state index in [1.165, 1.54) is 24.3 Å². The molecule has 0 bridgehead atoms. The first-order valence-corrected chi connectivity index (χ1v) is 11.0. The van der Waals surface area contributed by atoms with E-state index < -0.39 is 4.92 Å². The van der Waals surface area contributed by atoms with Crippen molar-refractivity contribution in [1.29, 1.82) is 0 Å². The van der Waals surface area contributed by atoms with Crippen molar-refractivity contribution in [1.82, 2.24) is 0 Å². The number of pyridine rings is 1. The molecular weight excluding hydrogens is 434 g/mol. The lowest BCUT2D eigenvalue weighted by Crippen LogP contribution is -2.39. The zero-order valence-corrected chi connectivity index (χ0v) is 20.2. The number of nitrogens with one attached hydrogen (secondary N) is 1. The minimum Gasteiger partial charge on any atom is -0.502 e. The number of aliphatic hydroxyl groups excluding tert-OH is 1. The number of aliphatic hydroxyl groups is 1. The van der Waals surface area contributed by atoms with Gasteiger partial charge in [0.15, 0.2) is 23.1 Å². The van der Waals surface area contributed by atoms with Crippen molar-refractivity contribution in [2.45, 2.75) is 40.0 Å². The number of anilines is 1. The van der Waals surface area contributed by atoms with E-state index in [-0.39, 0.29) is 16.9 Å². The van der Waals surface area contributed by atoms with Crippen LogP contribution in [0.4, 0.5) is 11.4 Å². The summed E-state index contributed by atoms with van der Waals surface area (Å²) in [4.78, 5) is 10.9. The summed E-state index contributed by atoms with van der Waals surface area (Å²) in [5.74, 6) is -0.0831. The third-order valence-corrected chi connectivity index (χ3v) is 5.52. The number of non-ortho nitro benzene ring substituents is 1. The fraction of sp³-hybridized carbons (Fsp3) is 0.231. The van der Waals surface area contributed by atoms with Crippen LogP contribution in [0, 0.1) is 24.0 Å². The lowest BCUT2D eigenvalue weighted by molar-refractivity contribution is -0.575. The molecule has 0 unspecified atom stereocenters. The van der Waals surface area contributed by atoms with Gasteiger partial charge in [0.05, 0.1) is 4.92 Å². The maximum absolute atomic E-state index is 11.2. The summed E-state index contributed by atoms with van der Waals surface area (Å²) in [6.45, 7) is 10.4. The Labute approximate surface area is 199 Å².